The average molecular weight is 190 g/mol. The van der Waals surface area contributed by atoms with E-state index in [1.807, 2.05) is 0 Å². The van der Waals surface area contributed by atoms with Gasteiger partial charge in [-0.05, 0) is 0 Å². The first-order chi connectivity index (χ1) is 6.16. The van der Waals surface area contributed by atoms with Crippen molar-refractivity contribution in [3.63, 3.8) is 0 Å². The Bertz CT molecular complexity index is 313. The summed E-state index contributed by atoms with van der Waals surface area (Å²) in [4.78, 5) is 0. The molecule has 1 atom stereocenters. The van der Waals surface area contributed by atoms with E-state index in [1.165, 1.54) is 10.7 Å². The fraction of sp³-hybridized carbons (Fsp3) is 0.571. The molecule has 72 valence electrons. The van der Waals surface area contributed by atoms with Gasteiger partial charge >= 0.3 is 0 Å². The van der Waals surface area contributed by atoms with E-state index in [1.54, 1.807) is 0 Å². The van der Waals surface area contributed by atoms with Crippen molar-refractivity contribution >= 4 is 0 Å². The van der Waals surface area contributed by atoms with Crippen molar-refractivity contribution in [1.29, 1.82) is 0 Å². The van der Waals surface area contributed by atoms with Crippen molar-refractivity contribution in [1.82, 2.24) is 9.78 Å². The number of nitrogens with zero attached hydrogens (tertiary/aromatic N) is 2. The van der Waals surface area contributed by atoms with Crippen molar-refractivity contribution < 1.29 is 18.6 Å². The summed E-state index contributed by atoms with van der Waals surface area (Å²) in [6, 6.07) is 1.19. The molecule has 4 nitrogen and oxygen atoms in total. The molecule has 0 saturated carbocycles. The maximum atomic E-state index is 12.2. The van der Waals surface area contributed by atoms with E-state index < -0.39 is 12.5 Å². The lowest BCUT2D eigenvalue weighted by atomic mass is 10.3. The first-order valence-electron chi connectivity index (χ1n) is 3.83. The third-order valence-electron chi connectivity index (χ3n) is 1.79. The van der Waals surface area contributed by atoms with Crippen LogP contribution in [-0.2, 0) is 6.54 Å². The smallest absolute Gasteiger partial charge is 0.282 e. The molecule has 0 radical (unpaired) electrons. The van der Waals surface area contributed by atoms with Gasteiger partial charge in [-0.1, -0.05) is 0 Å². The number of aliphatic hydroxyl groups excluding tert-OH is 1. The van der Waals surface area contributed by atoms with E-state index in [0.29, 0.717) is 5.88 Å². The van der Waals surface area contributed by atoms with Crippen LogP contribution in [-0.4, -0.2) is 27.6 Å². The molecule has 0 aromatic carbocycles. The van der Waals surface area contributed by atoms with Gasteiger partial charge in [-0.2, -0.15) is 5.10 Å². The van der Waals surface area contributed by atoms with Crippen LogP contribution in [0.1, 0.15) is 12.1 Å². The molecule has 0 fully saturated rings. The van der Waals surface area contributed by atoms with Crippen LogP contribution >= 0.6 is 0 Å². The molecule has 0 amide bonds. The largest absolute Gasteiger partial charge is 0.475 e. The molecule has 0 bridgehead atoms. The molecule has 0 spiro atoms. The second-order valence-corrected chi connectivity index (χ2v) is 2.86. The number of hydrogen-bond acceptors (Lipinski definition) is 3. The lowest BCUT2D eigenvalue weighted by Crippen LogP contribution is -2.29. The highest BCUT2D eigenvalue weighted by molar-refractivity contribution is 5.18. The predicted molar refractivity (Wildman–Crippen MR) is 38.7 cm³/mol. The molecule has 2 rings (SSSR count). The number of ether oxygens (including phenoxy) is 1. The lowest BCUT2D eigenvalue weighted by molar-refractivity contribution is 0.0552. The van der Waals surface area contributed by atoms with Crippen LogP contribution in [0.2, 0.25) is 0 Å². The van der Waals surface area contributed by atoms with E-state index in [4.69, 9.17) is 9.84 Å². The van der Waals surface area contributed by atoms with Gasteiger partial charge in [0.05, 0.1) is 6.54 Å². The third-order valence-corrected chi connectivity index (χ3v) is 1.79. The topological polar surface area (TPSA) is 47.3 Å². The van der Waals surface area contributed by atoms with Crippen molar-refractivity contribution in [2.24, 2.45) is 0 Å². The van der Waals surface area contributed by atoms with Crippen LogP contribution in [0.25, 0.3) is 0 Å². The maximum Gasteiger partial charge on any atom is 0.282 e. The number of halogens is 2. The monoisotopic (exact) mass is 190 g/mol. The molecule has 0 unspecified atom stereocenters. The minimum Gasteiger partial charge on any atom is -0.475 e. The Morgan fingerprint density at radius 2 is 2.46 bits per heavy atom. The fourth-order valence-corrected chi connectivity index (χ4v) is 1.21. The summed E-state index contributed by atoms with van der Waals surface area (Å²) >= 11 is 0. The zero-order valence-corrected chi connectivity index (χ0v) is 6.65. The van der Waals surface area contributed by atoms with Gasteiger partial charge in [0.25, 0.3) is 6.43 Å². The molecule has 0 saturated heterocycles. The van der Waals surface area contributed by atoms with Gasteiger partial charge in [0.1, 0.15) is 18.4 Å². The maximum absolute atomic E-state index is 12.2. The molecule has 1 aromatic rings. The van der Waals surface area contributed by atoms with E-state index >= 15 is 0 Å². The summed E-state index contributed by atoms with van der Waals surface area (Å²) in [5.41, 5.74) is -0.316. The standard InChI is InChI=1S/C7H8F2N2O2/c8-7(9)5-1-6-11(10-5)2-4(12)3-13-6/h1,4,7,12H,2-3H2/t4-/m0/s1. The average Bonchev–Trinajstić information content (AvgIpc) is 2.46. The third kappa shape index (κ3) is 1.49. The van der Waals surface area contributed by atoms with Crippen LogP contribution in [0.15, 0.2) is 6.07 Å². The molecule has 6 heteroatoms. The minimum absolute atomic E-state index is 0.133. The van der Waals surface area contributed by atoms with Gasteiger partial charge in [-0.3, -0.25) is 0 Å². The van der Waals surface area contributed by atoms with Crippen molar-refractivity contribution in [2.75, 3.05) is 6.61 Å². The number of alkyl halides is 2. The van der Waals surface area contributed by atoms with Crippen LogP contribution in [0.3, 0.4) is 0 Å². The molecule has 13 heavy (non-hydrogen) atoms. The summed E-state index contributed by atoms with van der Waals surface area (Å²) in [6.45, 7) is 0.344. The molecular weight excluding hydrogens is 182 g/mol. The molecule has 0 aliphatic carbocycles. The van der Waals surface area contributed by atoms with E-state index in [2.05, 4.69) is 5.10 Å². The summed E-state index contributed by atoms with van der Waals surface area (Å²) in [5.74, 6) is 0.292. The fourth-order valence-electron chi connectivity index (χ4n) is 1.21. The molecule has 2 heterocycles. The van der Waals surface area contributed by atoms with E-state index in [-0.39, 0.29) is 18.8 Å². The van der Waals surface area contributed by atoms with Crippen LogP contribution in [0, 0.1) is 0 Å². The summed E-state index contributed by atoms with van der Waals surface area (Å²) in [7, 11) is 0. The molecule has 1 aromatic heterocycles. The Morgan fingerprint density at radius 1 is 1.69 bits per heavy atom. The summed E-state index contributed by atoms with van der Waals surface area (Å²) in [5, 5.41) is 12.7. The van der Waals surface area contributed by atoms with Crippen molar-refractivity contribution in [3.05, 3.63) is 11.8 Å². The second-order valence-electron chi connectivity index (χ2n) is 2.86. The quantitative estimate of drug-likeness (QED) is 0.704. The Hall–Kier alpha value is -1.17. The molecule has 1 aliphatic heterocycles. The van der Waals surface area contributed by atoms with Gasteiger partial charge in [0.15, 0.2) is 0 Å². The lowest BCUT2D eigenvalue weighted by Gasteiger charge is -2.19. The normalized spacial score (nSPS) is 21.4. The van der Waals surface area contributed by atoms with Gasteiger partial charge in [-0.15, -0.1) is 0 Å². The first kappa shape index (κ1) is 8.43. The van der Waals surface area contributed by atoms with Gasteiger partial charge in [-0.25, -0.2) is 13.5 Å². The number of aliphatic hydroxyl groups is 1. The first-order valence-corrected chi connectivity index (χ1v) is 3.83. The summed E-state index contributed by atoms with van der Waals surface area (Å²) in [6.07, 6.45) is -3.27. The Balaban J connectivity index is 2.28. The van der Waals surface area contributed by atoms with Crippen LogP contribution in [0.4, 0.5) is 8.78 Å². The van der Waals surface area contributed by atoms with Crippen LogP contribution in [0.5, 0.6) is 5.88 Å². The van der Waals surface area contributed by atoms with Gasteiger partial charge < -0.3 is 9.84 Å². The Kier molecular flexibility index (Phi) is 1.91. The highest BCUT2D eigenvalue weighted by Gasteiger charge is 2.22. The molecular formula is C7H8F2N2O2. The van der Waals surface area contributed by atoms with Gasteiger partial charge in [0.2, 0.25) is 5.88 Å². The SMILES string of the molecule is O[C@@H]1COc2cc(C(F)F)nn2C1. The van der Waals surface area contributed by atoms with Crippen molar-refractivity contribution in [3.8, 4) is 5.88 Å². The van der Waals surface area contributed by atoms with Crippen LogP contribution < -0.4 is 4.74 Å². The highest BCUT2D eigenvalue weighted by Crippen LogP contribution is 2.24. The molecule has 1 N–H and O–H groups in total. The number of hydrogen-bond donors (Lipinski definition) is 1. The second kappa shape index (κ2) is 2.95. The number of rotatable bonds is 1. The number of aromatic nitrogens is 2. The zero-order chi connectivity index (χ0) is 9.42. The summed E-state index contributed by atoms with van der Waals surface area (Å²) < 4.78 is 30.5. The van der Waals surface area contributed by atoms with E-state index in [0.717, 1.165) is 0 Å². The Labute approximate surface area is 72.7 Å². The molecule has 1 aliphatic rings. The van der Waals surface area contributed by atoms with E-state index in [9.17, 15) is 8.78 Å². The Morgan fingerprint density at radius 3 is 3.15 bits per heavy atom. The minimum atomic E-state index is -2.60. The van der Waals surface area contributed by atoms with Crippen molar-refractivity contribution in [2.45, 2.75) is 19.1 Å². The predicted octanol–water partition coefficient (Wildman–Crippen LogP) is 0.574. The van der Waals surface area contributed by atoms with Gasteiger partial charge in [0, 0.05) is 6.07 Å². The highest BCUT2D eigenvalue weighted by atomic mass is 19.3. The zero-order valence-electron chi connectivity index (χ0n) is 6.65. The number of fused-ring (bicyclic) bond motifs is 1.